The summed E-state index contributed by atoms with van der Waals surface area (Å²) in [5.41, 5.74) is 4.63. The van der Waals surface area contributed by atoms with Gasteiger partial charge in [-0.1, -0.05) is 43.2 Å². The largest absolute Gasteiger partial charge is 0.481 e. The fraction of sp³-hybridized carbons (Fsp3) is 0.625. The molecule has 0 spiro atoms. The highest BCUT2D eigenvalue weighted by atomic mass is 35.5. The van der Waals surface area contributed by atoms with Crippen molar-refractivity contribution < 1.29 is 9.90 Å². The van der Waals surface area contributed by atoms with Crippen molar-refractivity contribution in [2.45, 2.75) is 71.2 Å². The molecule has 2 aliphatic rings. The molecule has 1 aliphatic heterocycles. The number of carboxylic acids is 1. The van der Waals surface area contributed by atoms with Gasteiger partial charge < -0.3 is 10.4 Å². The standard InChI is InChI=1S/C24H36Cl2N2O2/c1-5-16(3)23(26)17(4)7-8-20(6-2)27-21-9-10-22(25)19(13-21)15-28-12-11-18(14-28)24(29)30/h7,9,13,18,20,22,27H,5-6,8,10-12,14-15H2,1-4H3,(H,29,30)/b17-7-,23-16+/t18-,20-,22?/m1/s1. The molecule has 2 N–H and O–H groups in total. The van der Waals surface area contributed by atoms with Crippen molar-refractivity contribution in [3.63, 3.8) is 0 Å². The third kappa shape index (κ3) is 7.18. The number of allylic oxidation sites excluding steroid dienone is 5. The van der Waals surface area contributed by atoms with E-state index in [1.807, 2.05) is 0 Å². The van der Waals surface area contributed by atoms with E-state index in [1.165, 1.54) is 11.1 Å². The van der Waals surface area contributed by atoms with E-state index in [2.05, 4.69) is 56.1 Å². The van der Waals surface area contributed by atoms with Crippen LogP contribution < -0.4 is 5.32 Å². The summed E-state index contributed by atoms with van der Waals surface area (Å²) in [6.07, 6.45) is 10.9. The summed E-state index contributed by atoms with van der Waals surface area (Å²) in [4.78, 5) is 13.4. The zero-order valence-electron chi connectivity index (χ0n) is 18.7. The summed E-state index contributed by atoms with van der Waals surface area (Å²) in [6, 6.07) is 0.324. The van der Waals surface area contributed by atoms with Crippen LogP contribution in [0.25, 0.3) is 0 Å². The Morgan fingerprint density at radius 2 is 2.13 bits per heavy atom. The van der Waals surface area contributed by atoms with Gasteiger partial charge in [0.1, 0.15) is 0 Å². The van der Waals surface area contributed by atoms with Gasteiger partial charge in [0.2, 0.25) is 0 Å². The summed E-state index contributed by atoms with van der Waals surface area (Å²) in [5.74, 6) is -0.953. The van der Waals surface area contributed by atoms with Crippen LogP contribution in [-0.2, 0) is 4.79 Å². The first-order chi connectivity index (χ1) is 14.2. The molecule has 2 rings (SSSR count). The average molecular weight is 455 g/mol. The summed E-state index contributed by atoms with van der Waals surface area (Å²) < 4.78 is 0. The van der Waals surface area contributed by atoms with Crippen molar-refractivity contribution >= 4 is 29.2 Å². The second-order valence-electron chi connectivity index (χ2n) is 8.46. The molecule has 6 heteroatoms. The Bertz CT molecular complexity index is 739. The number of halogens is 2. The van der Waals surface area contributed by atoms with Crippen LogP contribution in [0.4, 0.5) is 0 Å². The minimum atomic E-state index is -0.696. The summed E-state index contributed by atoms with van der Waals surface area (Å²) in [5, 5.41) is 13.7. The first-order valence-electron chi connectivity index (χ1n) is 11.0. The maximum absolute atomic E-state index is 11.2. The molecule has 3 atom stereocenters. The molecular weight excluding hydrogens is 419 g/mol. The molecule has 0 aromatic rings. The number of aliphatic carboxylic acids is 1. The monoisotopic (exact) mass is 454 g/mol. The molecule has 1 unspecified atom stereocenters. The molecule has 0 bridgehead atoms. The lowest BCUT2D eigenvalue weighted by Gasteiger charge is -2.26. The van der Waals surface area contributed by atoms with E-state index >= 15 is 0 Å². The lowest BCUT2D eigenvalue weighted by atomic mass is 10.0. The van der Waals surface area contributed by atoms with E-state index in [4.69, 9.17) is 23.2 Å². The van der Waals surface area contributed by atoms with Crippen molar-refractivity contribution in [2.24, 2.45) is 5.92 Å². The van der Waals surface area contributed by atoms with Gasteiger partial charge in [-0.25, -0.2) is 0 Å². The van der Waals surface area contributed by atoms with Crippen LogP contribution in [0.1, 0.15) is 59.8 Å². The highest BCUT2D eigenvalue weighted by Crippen LogP contribution is 2.26. The Balaban J connectivity index is 1.98. The molecule has 0 saturated carbocycles. The van der Waals surface area contributed by atoms with Crippen molar-refractivity contribution in [3.05, 3.63) is 45.7 Å². The Hall–Kier alpha value is -1.23. The molecular formula is C24H36Cl2N2O2. The Morgan fingerprint density at radius 1 is 1.40 bits per heavy atom. The molecule has 0 aromatic carbocycles. The Kier molecular flexibility index (Phi) is 9.99. The number of alkyl halides is 1. The van der Waals surface area contributed by atoms with Crippen LogP contribution in [0.2, 0.25) is 0 Å². The minimum Gasteiger partial charge on any atom is -0.481 e. The highest BCUT2D eigenvalue weighted by Gasteiger charge is 2.29. The first kappa shape index (κ1) is 25.0. The van der Waals surface area contributed by atoms with Gasteiger partial charge in [0.25, 0.3) is 0 Å². The van der Waals surface area contributed by atoms with Crippen LogP contribution >= 0.6 is 23.2 Å². The smallest absolute Gasteiger partial charge is 0.307 e. The van der Waals surface area contributed by atoms with Crippen molar-refractivity contribution in [2.75, 3.05) is 19.6 Å². The van der Waals surface area contributed by atoms with Gasteiger partial charge >= 0.3 is 5.97 Å². The Labute approximate surface area is 191 Å². The van der Waals surface area contributed by atoms with E-state index in [-0.39, 0.29) is 11.3 Å². The number of hydrogen-bond donors (Lipinski definition) is 2. The first-order valence-corrected chi connectivity index (χ1v) is 11.8. The predicted molar refractivity (Wildman–Crippen MR) is 127 cm³/mol. The molecule has 0 radical (unpaired) electrons. The van der Waals surface area contributed by atoms with Crippen molar-refractivity contribution in [3.8, 4) is 0 Å². The van der Waals surface area contributed by atoms with Crippen LogP contribution in [0.3, 0.4) is 0 Å². The molecule has 1 aliphatic carbocycles. The van der Waals surface area contributed by atoms with Gasteiger partial charge in [0.15, 0.2) is 0 Å². The van der Waals surface area contributed by atoms with E-state index < -0.39 is 5.97 Å². The summed E-state index contributed by atoms with van der Waals surface area (Å²) in [6.45, 7) is 10.6. The van der Waals surface area contributed by atoms with E-state index in [9.17, 15) is 9.90 Å². The van der Waals surface area contributed by atoms with Crippen LogP contribution in [0.15, 0.2) is 45.7 Å². The fourth-order valence-corrected chi connectivity index (χ4v) is 4.31. The minimum absolute atomic E-state index is 0.0254. The topological polar surface area (TPSA) is 52.6 Å². The average Bonchev–Trinajstić information content (AvgIpc) is 3.20. The van der Waals surface area contributed by atoms with Gasteiger partial charge in [0, 0.05) is 29.9 Å². The lowest BCUT2D eigenvalue weighted by Crippen LogP contribution is -2.31. The van der Waals surface area contributed by atoms with Gasteiger partial charge in [0.05, 0.1) is 11.3 Å². The zero-order valence-corrected chi connectivity index (χ0v) is 20.2. The molecule has 4 nitrogen and oxygen atoms in total. The highest BCUT2D eigenvalue weighted by molar-refractivity contribution is 6.32. The zero-order chi connectivity index (χ0) is 22.3. The molecule has 0 amide bonds. The Morgan fingerprint density at radius 3 is 2.73 bits per heavy atom. The van der Waals surface area contributed by atoms with E-state index in [0.717, 1.165) is 55.1 Å². The third-order valence-electron chi connectivity index (χ3n) is 6.14. The number of hydrogen-bond acceptors (Lipinski definition) is 3. The van der Waals surface area contributed by atoms with Gasteiger partial charge in [-0.3, -0.25) is 9.69 Å². The van der Waals surface area contributed by atoms with E-state index in [0.29, 0.717) is 19.0 Å². The normalized spacial score (nSPS) is 24.8. The fourth-order valence-electron chi connectivity index (χ4n) is 3.88. The number of rotatable bonds is 10. The number of carbonyl (C=O) groups is 1. The number of likely N-dealkylation sites (tertiary alicyclic amines) is 1. The molecule has 168 valence electrons. The summed E-state index contributed by atoms with van der Waals surface area (Å²) in [7, 11) is 0. The number of carboxylic acid groups (broad SMARTS) is 1. The van der Waals surface area contributed by atoms with Crippen molar-refractivity contribution in [1.29, 1.82) is 0 Å². The summed E-state index contributed by atoms with van der Waals surface area (Å²) >= 11 is 13.0. The molecule has 30 heavy (non-hydrogen) atoms. The molecule has 1 heterocycles. The third-order valence-corrected chi connectivity index (χ3v) is 7.22. The molecule has 1 saturated heterocycles. The van der Waals surface area contributed by atoms with Crippen LogP contribution in [0.5, 0.6) is 0 Å². The second-order valence-corrected chi connectivity index (χ2v) is 9.37. The van der Waals surface area contributed by atoms with Crippen LogP contribution in [-0.4, -0.2) is 47.0 Å². The van der Waals surface area contributed by atoms with Gasteiger partial charge in [-0.05, 0) is 69.7 Å². The molecule has 0 aromatic heterocycles. The second kappa shape index (κ2) is 12.0. The number of nitrogens with zero attached hydrogens (tertiary/aromatic N) is 1. The van der Waals surface area contributed by atoms with Crippen LogP contribution in [0, 0.1) is 5.92 Å². The van der Waals surface area contributed by atoms with Crippen molar-refractivity contribution in [1.82, 2.24) is 10.2 Å². The maximum Gasteiger partial charge on any atom is 0.307 e. The van der Waals surface area contributed by atoms with E-state index in [1.54, 1.807) is 0 Å². The lowest BCUT2D eigenvalue weighted by molar-refractivity contribution is -0.141. The quantitative estimate of drug-likeness (QED) is 0.321. The number of nitrogens with one attached hydrogen (secondary N) is 1. The predicted octanol–water partition coefficient (Wildman–Crippen LogP) is 5.84. The SMILES string of the molecule is CC/C(C)=C(Cl)\C(C)=C/C[C@@H](CC)NC1=CCC(Cl)C(CN2CC[C@@H](C(=O)O)C2)=C1. The maximum atomic E-state index is 11.2. The van der Waals surface area contributed by atoms with Gasteiger partial charge in [-0.2, -0.15) is 0 Å². The molecule has 1 fully saturated rings. The van der Waals surface area contributed by atoms with Gasteiger partial charge in [-0.15, -0.1) is 11.6 Å².